The lowest BCUT2D eigenvalue weighted by Gasteiger charge is -2.22. The molecule has 0 amide bonds. The maximum atomic E-state index is 13.0. The summed E-state index contributed by atoms with van der Waals surface area (Å²) in [5, 5.41) is 9.01. The molecule has 0 aliphatic heterocycles. The molecule has 0 aliphatic rings. The maximum absolute atomic E-state index is 13.0. The molecule has 0 saturated carbocycles. The van der Waals surface area contributed by atoms with Crippen molar-refractivity contribution in [2.45, 2.75) is 4.90 Å². The zero-order chi connectivity index (χ0) is 17.0. The highest BCUT2D eigenvalue weighted by Gasteiger charge is 2.27. The number of ether oxygens (including phenoxy) is 1. The van der Waals surface area contributed by atoms with E-state index in [0.717, 1.165) is 28.6 Å². The van der Waals surface area contributed by atoms with Gasteiger partial charge in [-0.1, -0.05) is 0 Å². The molecule has 0 aromatic heterocycles. The third-order valence-corrected chi connectivity index (χ3v) is 4.83. The summed E-state index contributed by atoms with van der Waals surface area (Å²) in [6.45, 7) is -0.758. The molecule has 8 heteroatoms. The number of carboxylic acids is 1. The number of carboxylic acid groups (broad SMARTS) is 1. The molecule has 0 atom stereocenters. The molecule has 0 aliphatic carbocycles. The number of hydrogen-bond acceptors (Lipinski definition) is 4. The van der Waals surface area contributed by atoms with Crippen molar-refractivity contribution in [3.05, 3.63) is 54.3 Å². The van der Waals surface area contributed by atoms with Gasteiger partial charge in [0.2, 0.25) is 0 Å². The van der Waals surface area contributed by atoms with Gasteiger partial charge in [0.25, 0.3) is 10.0 Å². The van der Waals surface area contributed by atoms with Crippen molar-refractivity contribution in [3.8, 4) is 5.75 Å². The Morgan fingerprint density at radius 2 is 1.70 bits per heavy atom. The van der Waals surface area contributed by atoms with Crippen LogP contribution in [0, 0.1) is 5.82 Å². The summed E-state index contributed by atoms with van der Waals surface area (Å²) in [6.07, 6.45) is 0. The van der Waals surface area contributed by atoms with Crippen LogP contribution in [0.3, 0.4) is 0 Å². The summed E-state index contributed by atoms with van der Waals surface area (Å²) < 4.78 is 44.0. The minimum absolute atomic E-state index is 0.164. The lowest BCUT2D eigenvalue weighted by Crippen LogP contribution is -2.35. The number of rotatable bonds is 6. The van der Waals surface area contributed by atoms with Crippen LogP contribution in [0.15, 0.2) is 53.4 Å². The Morgan fingerprint density at radius 3 is 2.17 bits per heavy atom. The molecule has 6 nitrogen and oxygen atoms in total. The van der Waals surface area contributed by atoms with E-state index in [4.69, 9.17) is 9.84 Å². The minimum atomic E-state index is -4.14. The van der Waals surface area contributed by atoms with Gasteiger partial charge < -0.3 is 9.84 Å². The van der Waals surface area contributed by atoms with Gasteiger partial charge in [0.15, 0.2) is 0 Å². The fraction of sp³-hybridized carbons (Fsp3) is 0.133. The molecule has 2 rings (SSSR count). The van der Waals surface area contributed by atoms with Crippen molar-refractivity contribution in [1.29, 1.82) is 0 Å². The van der Waals surface area contributed by atoms with E-state index in [9.17, 15) is 17.6 Å². The third-order valence-electron chi connectivity index (χ3n) is 3.04. The molecule has 2 aromatic carbocycles. The number of halogens is 1. The van der Waals surface area contributed by atoms with E-state index in [1.54, 1.807) is 0 Å². The molecule has 0 heterocycles. The summed E-state index contributed by atoms with van der Waals surface area (Å²) in [7, 11) is -2.68. The number of sulfonamides is 1. The van der Waals surface area contributed by atoms with Crippen LogP contribution < -0.4 is 9.04 Å². The largest absolute Gasteiger partial charge is 0.497 e. The molecular formula is C15H14FNO5S. The first-order chi connectivity index (χ1) is 10.8. The molecule has 0 spiro atoms. The summed E-state index contributed by atoms with van der Waals surface area (Å²) >= 11 is 0. The van der Waals surface area contributed by atoms with Gasteiger partial charge in [0.1, 0.15) is 18.1 Å². The van der Waals surface area contributed by atoms with E-state index in [0.29, 0.717) is 5.75 Å². The lowest BCUT2D eigenvalue weighted by atomic mass is 10.3. The van der Waals surface area contributed by atoms with Crippen LogP contribution in [0.5, 0.6) is 5.75 Å². The van der Waals surface area contributed by atoms with Gasteiger partial charge in [0, 0.05) is 0 Å². The summed E-state index contributed by atoms with van der Waals surface area (Å²) in [4.78, 5) is 10.8. The number of aliphatic carboxylic acids is 1. The molecule has 0 bridgehead atoms. The van der Waals surface area contributed by atoms with Crippen molar-refractivity contribution in [1.82, 2.24) is 0 Å². The topological polar surface area (TPSA) is 83.9 Å². The van der Waals surface area contributed by atoms with Gasteiger partial charge in [0.05, 0.1) is 17.7 Å². The van der Waals surface area contributed by atoms with Crippen molar-refractivity contribution < 1.29 is 27.4 Å². The molecular weight excluding hydrogens is 325 g/mol. The SMILES string of the molecule is COc1ccc(N(CC(=O)O)S(=O)(=O)c2ccc(F)cc2)cc1. The average molecular weight is 339 g/mol. The molecule has 0 saturated heterocycles. The Balaban J connectivity index is 2.48. The van der Waals surface area contributed by atoms with E-state index >= 15 is 0 Å². The van der Waals surface area contributed by atoms with E-state index in [2.05, 4.69) is 0 Å². The Hall–Kier alpha value is -2.61. The maximum Gasteiger partial charge on any atom is 0.324 e. The number of nitrogens with zero attached hydrogens (tertiary/aromatic N) is 1. The minimum Gasteiger partial charge on any atom is -0.497 e. The predicted octanol–water partition coefficient (Wildman–Crippen LogP) is 2.11. The zero-order valence-corrected chi connectivity index (χ0v) is 13.0. The first-order valence-electron chi connectivity index (χ1n) is 6.49. The van der Waals surface area contributed by atoms with Crippen LogP contribution in [-0.2, 0) is 14.8 Å². The van der Waals surface area contributed by atoms with Crippen molar-refractivity contribution in [2.24, 2.45) is 0 Å². The molecule has 122 valence electrons. The quantitative estimate of drug-likeness (QED) is 0.871. The van der Waals surface area contributed by atoms with E-state index in [1.807, 2.05) is 0 Å². The lowest BCUT2D eigenvalue weighted by molar-refractivity contribution is -0.135. The van der Waals surface area contributed by atoms with E-state index < -0.39 is 28.4 Å². The van der Waals surface area contributed by atoms with Crippen molar-refractivity contribution >= 4 is 21.7 Å². The second-order valence-electron chi connectivity index (χ2n) is 4.56. The van der Waals surface area contributed by atoms with E-state index in [1.165, 1.54) is 31.4 Å². The van der Waals surface area contributed by atoms with Crippen molar-refractivity contribution in [2.75, 3.05) is 18.0 Å². The van der Waals surface area contributed by atoms with Gasteiger partial charge in [-0.25, -0.2) is 12.8 Å². The summed E-state index contributed by atoms with van der Waals surface area (Å²) in [5.41, 5.74) is 0.164. The van der Waals surface area contributed by atoms with Crippen LogP contribution in [0.4, 0.5) is 10.1 Å². The second-order valence-corrected chi connectivity index (χ2v) is 6.42. The van der Waals surface area contributed by atoms with Crippen molar-refractivity contribution in [3.63, 3.8) is 0 Å². The molecule has 0 fully saturated rings. The van der Waals surface area contributed by atoms with Crippen LogP contribution in [-0.4, -0.2) is 33.1 Å². The molecule has 1 N–H and O–H groups in total. The molecule has 0 radical (unpaired) electrons. The second kappa shape index (κ2) is 6.66. The fourth-order valence-corrected chi connectivity index (χ4v) is 3.33. The van der Waals surface area contributed by atoms with Crippen LogP contribution in [0.25, 0.3) is 0 Å². The fourth-order valence-electron chi connectivity index (χ4n) is 1.92. The molecule has 2 aromatic rings. The Morgan fingerprint density at radius 1 is 1.13 bits per heavy atom. The third kappa shape index (κ3) is 3.78. The van der Waals surface area contributed by atoms with Gasteiger partial charge >= 0.3 is 5.97 Å². The van der Waals surface area contributed by atoms with Gasteiger partial charge in [-0.15, -0.1) is 0 Å². The van der Waals surface area contributed by atoms with E-state index in [-0.39, 0.29) is 10.6 Å². The number of anilines is 1. The van der Waals surface area contributed by atoms with Gasteiger partial charge in [-0.2, -0.15) is 0 Å². The smallest absolute Gasteiger partial charge is 0.324 e. The Labute approximate surface area is 132 Å². The first-order valence-corrected chi connectivity index (χ1v) is 7.93. The Kier molecular flexibility index (Phi) is 4.85. The standard InChI is InChI=1S/C15H14FNO5S/c1-22-13-6-4-12(5-7-13)17(10-15(18)19)23(20,21)14-8-2-11(16)3-9-14/h2-9H,10H2,1H3,(H,18,19). The van der Waals surface area contributed by atoms with Crippen LogP contribution in [0.1, 0.15) is 0 Å². The highest BCUT2D eigenvalue weighted by molar-refractivity contribution is 7.92. The number of methoxy groups -OCH3 is 1. The highest BCUT2D eigenvalue weighted by atomic mass is 32.2. The van der Waals surface area contributed by atoms with Crippen LogP contribution >= 0.6 is 0 Å². The monoisotopic (exact) mass is 339 g/mol. The molecule has 0 unspecified atom stereocenters. The molecule has 23 heavy (non-hydrogen) atoms. The predicted molar refractivity (Wildman–Crippen MR) is 81.6 cm³/mol. The number of hydrogen-bond donors (Lipinski definition) is 1. The highest BCUT2D eigenvalue weighted by Crippen LogP contribution is 2.25. The number of benzene rings is 2. The van der Waals surface area contributed by atoms with Gasteiger partial charge in [-0.05, 0) is 48.5 Å². The average Bonchev–Trinajstić information content (AvgIpc) is 2.53. The first kappa shape index (κ1) is 16.8. The summed E-state index contributed by atoms with van der Waals surface area (Å²) in [5.74, 6) is -1.40. The number of carbonyl (C=O) groups is 1. The van der Waals surface area contributed by atoms with Gasteiger partial charge in [-0.3, -0.25) is 9.10 Å². The normalized spacial score (nSPS) is 11.0. The van der Waals surface area contributed by atoms with Crippen LogP contribution in [0.2, 0.25) is 0 Å². The summed E-state index contributed by atoms with van der Waals surface area (Å²) in [6, 6.07) is 10.1. The zero-order valence-electron chi connectivity index (χ0n) is 12.1. The Bertz CT molecular complexity index is 788.